The van der Waals surface area contributed by atoms with E-state index in [2.05, 4.69) is 5.32 Å². The van der Waals surface area contributed by atoms with Crippen LogP contribution in [0, 0.1) is 0 Å². The van der Waals surface area contributed by atoms with Gasteiger partial charge in [0, 0.05) is 22.1 Å². The van der Waals surface area contributed by atoms with Gasteiger partial charge in [-0.05, 0) is 49.1 Å². The molecule has 1 atom stereocenters. The number of anilines is 1. The largest absolute Gasteiger partial charge is 0.354 e. The van der Waals surface area contributed by atoms with Gasteiger partial charge < -0.3 is 5.32 Å². The van der Waals surface area contributed by atoms with Crippen molar-refractivity contribution in [2.24, 2.45) is 0 Å². The minimum absolute atomic E-state index is 0.281. The molecule has 1 aromatic carbocycles. The average Bonchev–Trinajstić information content (AvgIpc) is 3.20. The van der Waals surface area contributed by atoms with Crippen LogP contribution in [0.15, 0.2) is 41.8 Å². The number of hydrogen-bond acceptors (Lipinski definition) is 4. The van der Waals surface area contributed by atoms with Crippen LogP contribution in [-0.4, -0.2) is 41.9 Å². The van der Waals surface area contributed by atoms with Crippen molar-refractivity contribution < 1.29 is 14.4 Å². The zero-order valence-corrected chi connectivity index (χ0v) is 15.7. The van der Waals surface area contributed by atoms with Crippen molar-refractivity contribution in [3.05, 3.63) is 51.7 Å². The van der Waals surface area contributed by atoms with Gasteiger partial charge in [-0.25, -0.2) is 4.79 Å². The second-order valence-electron chi connectivity index (χ2n) is 5.91. The second kappa shape index (κ2) is 7.88. The minimum atomic E-state index is -0.664. The molecule has 0 aliphatic carbocycles. The Balaban J connectivity index is 1.60. The normalized spacial score (nSPS) is 17.1. The van der Waals surface area contributed by atoms with Crippen molar-refractivity contribution in [3.8, 4) is 0 Å². The number of hydrogen-bond donors (Lipinski definition) is 1. The topological polar surface area (TPSA) is 69.7 Å². The molecule has 26 heavy (non-hydrogen) atoms. The molecule has 2 aromatic rings. The number of imide groups is 1. The van der Waals surface area contributed by atoms with E-state index >= 15 is 0 Å². The molecule has 8 heteroatoms. The summed E-state index contributed by atoms with van der Waals surface area (Å²) in [6.07, 6.45) is 0.721. The van der Waals surface area contributed by atoms with Crippen LogP contribution in [0.3, 0.4) is 0 Å². The molecule has 4 amide bonds. The fourth-order valence-electron chi connectivity index (χ4n) is 2.79. The van der Waals surface area contributed by atoms with Gasteiger partial charge in [0.15, 0.2) is 0 Å². The first-order chi connectivity index (χ1) is 12.5. The van der Waals surface area contributed by atoms with E-state index in [-0.39, 0.29) is 12.5 Å². The summed E-state index contributed by atoms with van der Waals surface area (Å²) >= 11 is 7.49. The van der Waals surface area contributed by atoms with E-state index in [1.54, 1.807) is 42.5 Å². The molecule has 1 aliphatic heterocycles. The summed E-state index contributed by atoms with van der Waals surface area (Å²) < 4.78 is 0. The molecule has 136 valence electrons. The molecule has 0 spiro atoms. The maximum absolute atomic E-state index is 12.6. The van der Waals surface area contributed by atoms with E-state index < -0.39 is 18.0 Å². The van der Waals surface area contributed by atoms with Crippen molar-refractivity contribution in [2.45, 2.75) is 19.4 Å². The molecule has 1 aliphatic rings. The molecular formula is C18H18ClN3O3S. The number of benzene rings is 1. The van der Waals surface area contributed by atoms with E-state index in [4.69, 9.17) is 11.6 Å². The molecule has 3 rings (SSSR count). The summed E-state index contributed by atoms with van der Waals surface area (Å²) in [5, 5.41) is 5.27. The monoisotopic (exact) mass is 391 g/mol. The Kier molecular flexibility index (Phi) is 5.58. The molecule has 0 radical (unpaired) electrons. The number of rotatable bonds is 6. The van der Waals surface area contributed by atoms with Crippen LogP contribution in [0.4, 0.5) is 10.5 Å². The van der Waals surface area contributed by atoms with Crippen molar-refractivity contribution >= 4 is 46.5 Å². The maximum atomic E-state index is 12.6. The summed E-state index contributed by atoms with van der Waals surface area (Å²) in [5.74, 6) is -0.744. The molecule has 1 N–H and O–H groups in total. The lowest BCUT2D eigenvalue weighted by Crippen LogP contribution is -2.42. The summed E-state index contributed by atoms with van der Waals surface area (Å²) in [6, 6.07) is 9.44. The Hall–Kier alpha value is -2.38. The van der Waals surface area contributed by atoms with E-state index in [0.717, 1.165) is 11.3 Å². The number of halogens is 1. The van der Waals surface area contributed by atoms with Gasteiger partial charge in [-0.1, -0.05) is 17.7 Å². The molecule has 1 fully saturated rings. The van der Waals surface area contributed by atoms with E-state index in [1.165, 1.54) is 9.78 Å². The highest BCUT2D eigenvalue weighted by atomic mass is 35.5. The number of thiophene rings is 1. The molecular weight excluding hydrogens is 374 g/mol. The third-order valence-corrected chi connectivity index (χ3v) is 5.32. The minimum Gasteiger partial charge on any atom is -0.354 e. The summed E-state index contributed by atoms with van der Waals surface area (Å²) in [6.45, 7) is 1.83. The molecule has 6 nitrogen and oxygen atoms in total. The number of carbonyl (C=O) groups is 3. The predicted molar refractivity (Wildman–Crippen MR) is 102 cm³/mol. The quantitative estimate of drug-likeness (QED) is 0.770. The van der Waals surface area contributed by atoms with Gasteiger partial charge >= 0.3 is 6.03 Å². The van der Waals surface area contributed by atoms with Crippen LogP contribution in [-0.2, 0) is 16.0 Å². The summed E-state index contributed by atoms with van der Waals surface area (Å²) in [7, 11) is 0. The lowest BCUT2D eigenvalue weighted by Gasteiger charge is -2.19. The molecule has 1 unspecified atom stereocenters. The van der Waals surface area contributed by atoms with E-state index in [9.17, 15) is 14.4 Å². The maximum Gasteiger partial charge on any atom is 0.332 e. The Morgan fingerprint density at radius 3 is 2.62 bits per heavy atom. The van der Waals surface area contributed by atoms with Gasteiger partial charge in [-0.2, -0.15) is 0 Å². The third kappa shape index (κ3) is 3.89. The van der Waals surface area contributed by atoms with Crippen LogP contribution in [0.2, 0.25) is 5.02 Å². The lowest BCUT2D eigenvalue weighted by molar-refractivity contribution is -0.131. The fourth-order valence-corrected chi connectivity index (χ4v) is 3.62. The van der Waals surface area contributed by atoms with Crippen LogP contribution in [0.5, 0.6) is 0 Å². The average molecular weight is 392 g/mol. The van der Waals surface area contributed by atoms with E-state index in [1.807, 2.05) is 17.5 Å². The van der Waals surface area contributed by atoms with Gasteiger partial charge in [-0.15, -0.1) is 11.3 Å². The number of urea groups is 1. The molecule has 1 saturated heterocycles. The molecule has 0 saturated carbocycles. The van der Waals surface area contributed by atoms with Gasteiger partial charge in [0.25, 0.3) is 5.91 Å². The molecule has 2 heterocycles. The van der Waals surface area contributed by atoms with Gasteiger partial charge in [0.1, 0.15) is 12.6 Å². The van der Waals surface area contributed by atoms with Crippen LogP contribution in [0.1, 0.15) is 11.8 Å². The van der Waals surface area contributed by atoms with Crippen LogP contribution < -0.4 is 10.2 Å². The second-order valence-corrected chi connectivity index (χ2v) is 7.38. The Morgan fingerprint density at radius 2 is 1.96 bits per heavy atom. The Labute approximate surface area is 160 Å². The third-order valence-electron chi connectivity index (χ3n) is 4.13. The first-order valence-electron chi connectivity index (χ1n) is 8.16. The zero-order valence-electron chi connectivity index (χ0n) is 14.1. The number of nitrogens with zero attached hydrogens (tertiary/aromatic N) is 2. The molecule has 0 bridgehead atoms. The first-order valence-corrected chi connectivity index (χ1v) is 9.42. The van der Waals surface area contributed by atoms with Gasteiger partial charge in [-0.3, -0.25) is 19.4 Å². The van der Waals surface area contributed by atoms with E-state index in [0.29, 0.717) is 17.3 Å². The van der Waals surface area contributed by atoms with Crippen LogP contribution in [0.25, 0.3) is 0 Å². The van der Waals surface area contributed by atoms with Crippen molar-refractivity contribution in [2.75, 3.05) is 18.0 Å². The highest BCUT2D eigenvalue weighted by molar-refractivity contribution is 7.09. The number of amides is 4. The Bertz CT molecular complexity index is 808. The fraction of sp³-hybridized carbons (Fsp3) is 0.278. The SMILES string of the molecule is CC1C(=O)N(CC(=O)NCCc2cccs2)C(=O)N1c1ccc(Cl)cc1. The van der Waals surface area contributed by atoms with Gasteiger partial charge in [0.2, 0.25) is 5.91 Å². The van der Waals surface area contributed by atoms with Crippen molar-refractivity contribution in [1.82, 2.24) is 10.2 Å². The Morgan fingerprint density at radius 1 is 1.23 bits per heavy atom. The molecule has 1 aromatic heterocycles. The summed E-state index contributed by atoms with van der Waals surface area (Å²) in [5.41, 5.74) is 0.570. The van der Waals surface area contributed by atoms with Gasteiger partial charge in [0.05, 0.1) is 0 Å². The highest BCUT2D eigenvalue weighted by Gasteiger charge is 2.43. The standard InChI is InChI=1S/C18H18ClN3O3S/c1-12-17(24)21(11-16(23)20-9-8-15-3-2-10-26-15)18(25)22(12)14-6-4-13(19)5-7-14/h2-7,10,12H,8-9,11H2,1H3,(H,20,23). The smallest absolute Gasteiger partial charge is 0.332 e. The first kappa shape index (κ1) is 18.4. The zero-order chi connectivity index (χ0) is 18.7. The predicted octanol–water partition coefficient (Wildman–Crippen LogP) is 2.92. The lowest BCUT2D eigenvalue weighted by atomic mass is 10.2. The number of nitrogens with one attached hydrogen (secondary N) is 1. The van der Waals surface area contributed by atoms with Crippen molar-refractivity contribution in [1.29, 1.82) is 0 Å². The van der Waals surface area contributed by atoms with Crippen LogP contribution >= 0.6 is 22.9 Å². The number of carbonyl (C=O) groups excluding carboxylic acids is 3. The highest BCUT2D eigenvalue weighted by Crippen LogP contribution is 2.26. The summed E-state index contributed by atoms with van der Waals surface area (Å²) in [4.78, 5) is 40.7. The van der Waals surface area contributed by atoms with Crippen molar-refractivity contribution in [3.63, 3.8) is 0 Å².